The fourth-order valence-corrected chi connectivity index (χ4v) is 5.23. The van der Waals surface area contributed by atoms with E-state index in [1.165, 1.54) is 17.4 Å². The number of hydrogen-bond acceptors (Lipinski definition) is 6. The van der Waals surface area contributed by atoms with E-state index in [1.54, 1.807) is 24.1 Å². The minimum Gasteiger partial charge on any atom is -0.338 e. The van der Waals surface area contributed by atoms with Crippen molar-refractivity contribution in [2.45, 2.75) is 17.4 Å². The van der Waals surface area contributed by atoms with E-state index in [9.17, 15) is 18.0 Å². The summed E-state index contributed by atoms with van der Waals surface area (Å²) in [5.74, 6) is -0.895. The van der Waals surface area contributed by atoms with Crippen LogP contribution in [0.3, 0.4) is 0 Å². The third kappa shape index (κ3) is 3.75. The largest absolute Gasteiger partial charge is 0.338 e. The molecule has 1 N–H and O–H groups in total. The monoisotopic (exact) mass is 429 g/mol. The van der Waals surface area contributed by atoms with Gasteiger partial charge in [0.25, 0.3) is 0 Å². The molecule has 1 aliphatic rings. The maximum absolute atomic E-state index is 13.0. The molecule has 2 unspecified atom stereocenters. The predicted molar refractivity (Wildman–Crippen MR) is 111 cm³/mol. The Morgan fingerprint density at radius 1 is 1.21 bits per heavy atom. The Balaban J connectivity index is 1.60. The van der Waals surface area contributed by atoms with Crippen LogP contribution in [0, 0.1) is 5.92 Å². The van der Waals surface area contributed by atoms with Gasteiger partial charge in [0.15, 0.2) is 15.0 Å². The van der Waals surface area contributed by atoms with E-state index in [0.717, 1.165) is 11.8 Å². The molecule has 0 saturated carbocycles. The lowest BCUT2D eigenvalue weighted by molar-refractivity contribution is -0.127. The van der Waals surface area contributed by atoms with Crippen molar-refractivity contribution in [3.63, 3.8) is 0 Å². The van der Waals surface area contributed by atoms with Gasteiger partial charge in [-0.2, -0.15) is 0 Å². The quantitative estimate of drug-likeness (QED) is 0.688. The Bertz CT molecular complexity index is 1200. The lowest BCUT2D eigenvalue weighted by Crippen LogP contribution is -2.29. The van der Waals surface area contributed by atoms with E-state index in [2.05, 4.69) is 10.3 Å². The average molecular weight is 430 g/mol. The summed E-state index contributed by atoms with van der Waals surface area (Å²) >= 11 is 1.21. The maximum Gasteiger partial charge on any atom is 0.232 e. The van der Waals surface area contributed by atoms with Crippen molar-refractivity contribution in [1.29, 1.82) is 0 Å². The van der Waals surface area contributed by atoms with Gasteiger partial charge in [-0.3, -0.25) is 9.59 Å². The second kappa shape index (κ2) is 7.23. The van der Waals surface area contributed by atoms with Gasteiger partial charge in [0.05, 0.1) is 27.1 Å². The van der Waals surface area contributed by atoms with Crippen LogP contribution < -0.4 is 5.32 Å². The third-order valence-corrected chi connectivity index (χ3v) is 7.13. The Morgan fingerprint density at radius 3 is 2.62 bits per heavy atom. The first-order valence-corrected chi connectivity index (χ1v) is 11.7. The summed E-state index contributed by atoms with van der Waals surface area (Å²) < 4.78 is 24.2. The number of benzene rings is 2. The average Bonchev–Trinajstić information content (AvgIpc) is 3.21. The normalized spacial score (nSPS) is 19.7. The fraction of sp³-hybridized carbons (Fsp3) is 0.250. The predicted octanol–water partition coefficient (Wildman–Crippen LogP) is 2.86. The molecular weight excluding hydrogens is 410 g/mol. The number of rotatable bonds is 4. The topological polar surface area (TPSA) is 96.4 Å². The van der Waals surface area contributed by atoms with Crippen LogP contribution in [0.2, 0.25) is 0 Å². The van der Waals surface area contributed by atoms with Crippen molar-refractivity contribution in [1.82, 2.24) is 9.88 Å². The molecule has 0 spiro atoms. The number of fused-ring (bicyclic) bond motifs is 1. The van der Waals surface area contributed by atoms with Crippen LogP contribution in [-0.4, -0.2) is 43.4 Å². The minimum absolute atomic E-state index is 0.0823. The number of carbonyl (C=O) groups excluding carboxylic acids is 2. The maximum atomic E-state index is 13.0. The number of aromatic nitrogens is 1. The number of nitrogens with zero attached hydrogens (tertiary/aromatic N) is 2. The van der Waals surface area contributed by atoms with Gasteiger partial charge in [0.2, 0.25) is 11.8 Å². The number of thiazole rings is 1. The third-order valence-electron chi connectivity index (χ3n) is 5.08. The zero-order valence-corrected chi connectivity index (χ0v) is 17.5. The molecule has 4 rings (SSSR count). The van der Waals surface area contributed by atoms with Crippen molar-refractivity contribution in [3.8, 4) is 0 Å². The molecule has 1 saturated heterocycles. The van der Waals surface area contributed by atoms with Gasteiger partial charge in [-0.1, -0.05) is 41.7 Å². The molecule has 1 fully saturated rings. The lowest BCUT2D eigenvalue weighted by Gasteiger charge is -2.24. The van der Waals surface area contributed by atoms with Gasteiger partial charge >= 0.3 is 0 Å². The molecule has 29 heavy (non-hydrogen) atoms. The summed E-state index contributed by atoms with van der Waals surface area (Å²) in [6, 6.07) is 13.8. The number of hydrogen-bond donors (Lipinski definition) is 1. The highest BCUT2D eigenvalue weighted by Crippen LogP contribution is 2.38. The highest BCUT2D eigenvalue weighted by atomic mass is 32.2. The number of nitrogens with one attached hydrogen (secondary N) is 1. The fourth-order valence-electron chi connectivity index (χ4n) is 3.60. The molecule has 2 amide bonds. The van der Waals surface area contributed by atoms with Crippen LogP contribution in [0.15, 0.2) is 53.4 Å². The first-order valence-electron chi connectivity index (χ1n) is 8.96. The molecule has 1 aliphatic heterocycles. The number of amides is 2. The van der Waals surface area contributed by atoms with E-state index in [-0.39, 0.29) is 29.2 Å². The van der Waals surface area contributed by atoms with Crippen LogP contribution in [0.5, 0.6) is 0 Å². The van der Waals surface area contributed by atoms with Crippen molar-refractivity contribution < 1.29 is 18.0 Å². The van der Waals surface area contributed by atoms with E-state index in [1.807, 2.05) is 30.3 Å². The molecular formula is C20H19N3O4S2. The molecule has 7 nitrogen and oxygen atoms in total. The smallest absolute Gasteiger partial charge is 0.232 e. The highest BCUT2D eigenvalue weighted by Gasteiger charge is 2.42. The SMILES string of the molecule is CN1C(=O)CC(C(=O)Nc2nc3ccc(S(C)(=O)=O)cc3s2)C1c1ccccc1. The van der Waals surface area contributed by atoms with Gasteiger partial charge < -0.3 is 10.2 Å². The van der Waals surface area contributed by atoms with Crippen LogP contribution in [0.4, 0.5) is 5.13 Å². The van der Waals surface area contributed by atoms with Gasteiger partial charge in [-0.25, -0.2) is 13.4 Å². The van der Waals surface area contributed by atoms with Gasteiger partial charge in [-0.05, 0) is 23.8 Å². The minimum atomic E-state index is -3.32. The van der Waals surface area contributed by atoms with Crippen molar-refractivity contribution in [2.24, 2.45) is 5.92 Å². The first-order chi connectivity index (χ1) is 13.7. The molecule has 2 aromatic carbocycles. The Kier molecular flexibility index (Phi) is 4.87. The van der Waals surface area contributed by atoms with Crippen LogP contribution in [0.1, 0.15) is 18.0 Å². The molecule has 9 heteroatoms. The number of anilines is 1. The second-order valence-electron chi connectivity index (χ2n) is 7.08. The first kappa shape index (κ1) is 19.5. The highest BCUT2D eigenvalue weighted by molar-refractivity contribution is 7.90. The summed E-state index contributed by atoms with van der Waals surface area (Å²) in [5.41, 5.74) is 1.51. The summed E-state index contributed by atoms with van der Waals surface area (Å²) in [6.07, 6.45) is 1.28. The Morgan fingerprint density at radius 2 is 1.93 bits per heavy atom. The Hall–Kier alpha value is -2.78. The molecule has 3 aromatic rings. The summed E-state index contributed by atoms with van der Waals surface area (Å²) in [4.78, 5) is 31.4. The zero-order valence-electron chi connectivity index (χ0n) is 15.8. The van der Waals surface area contributed by atoms with Crippen LogP contribution in [0.25, 0.3) is 10.2 Å². The molecule has 150 valence electrons. The van der Waals surface area contributed by atoms with Crippen LogP contribution in [-0.2, 0) is 19.4 Å². The number of likely N-dealkylation sites (tertiary alicyclic amines) is 1. The number of sulfone groups is 1. The molecule has 0 bridgehead atoms. The van der Waals surface area contributed by atoms with Gasteiger partial charge in [0.1, 0.15) is 0 Å². The van der Waals surface area contributed by atoms with E-state index in [0.29, 0.717) is 15.3 Å². The van der Waals surface area contributed by atoms with Gasteiger partial charge in [0, 0.05) is 19.7 Å². The Labute approximate surface area is 172 Å². The van der Waals surface area contributed by atoms with E-state index < -0.39 is 15.8 Å². The lowest BCUT2D eigenvalue weighted by atomic mass is 9.93. The molecule has 2 atom stereocenters. The zero-order chi connectivity index (χ0) is 20.8. The van der Waals surface area contributed by atoms with Crippen molar-refractivity contribution in [3.05, 3.63) is 54.1 Å². The molecule has 0 aliphatic carbocycles. The van der Waals surface area contributed by atoms with Crippen LogP contribution >= 0.6 is 11.3 Å². The summed E-state index contributed by atoms with van der Waals surface area (Å²) in [6.45, 7) is 0. The molecule has 2 heterocycles. The van der Waals surface area contributed by atoms with Gasteiger partial charge in [-0.15, -0.1) is 0 Å². The van der Waals surface area contributed by atoms with Crippen molar-refractivity contribution in [2.75, 3.05) is 18.6 Å². The standard InChI is InChI=1S/C20H19N3O4S2/c1-23-17(24)11-14(18(23)12-6-4-3-5-7-12)19(25)22-20-21-15-9-8-13(29(2,26)27)10-16(15)28-20/h3-10,14,18H,11H2,1-2H3,(H,21,22,25). The number of carbonyl (C=O) groups is 2. The molecule has 1 aromatic heterocycles. The van der Waals surface area contributed by atoms with E-state index in [4.69, 9.17) is 0 Å². The summed E-state index contributed by atoms with van der Waals surface area (Å²) in [7, 11) is -1.62. The second-order valence-corrected chi connectivity index (χ2v) is 10.1. The van der Waals surface area contributed by atoms with E-state index >= 15 is 0 Å². The van der Waals surface area contributed by atoms with Crippen molar-refractivity contribution >= 4 is 48.3 Å². The molecule has 0 radical (unpaired) electrons. The summed E-state index contributed by atoms with van der Waals surface area (Å²) in [5, 5.41) is 3.19.